The van der Waals surface area contributed by atoms with Crippen LogP contribution < -0.4 is 4.90 Å². The van der Waals surface area contributed by atoms with E-state index in [0.29, 0.717) is 22.7 Å². The number of nitrogens with zero attached hydrogens (tertiary/aromatic N) is 7. The van der Waals surface area contributed by atoms with Crippen LogP contribution in [0, 0.1) is 0 Å². The molecule has 0 amide bonds. The zero-order chi connectivity index (χ0) is 19.7. The molecule has 4 aromatic rings. The van der Waals surface area contributed by atoms with E-state index in [1.807, 2.05) is 54.8 Å². The van der Waals surface area contributed by atoms with E-state index >= 15 is 0 Å². The van der Waals surface area contributed by atoms with Gasteiger partial charge < -0.3 is 9.42 Å². The number of anilines is 1. The highest BCUT2D eigenvalue weighted by Gasteiger charge is 2.23. The molecular weight excluding hydrogens is 378 g/mol. The lowest BCUT2D eigenvalue weighted by molar-refractivity contribution is 0.416. The van der Waals surface area contributed by atoms with Gasteiger partial charge in [0, 0.05) is 42.6 Å². The van der Waals surface area contributed by atoms with Gasteiger partial charge in [-0.05, 0) is 37.3 Å². The Bertz CT molecular complexity index is 1090. The van der Waals surface area contributed by atoms with Gasteiger partial charge in [0.15, 0.2) is 11.6 Å². The summed E-state index contributed by atoms with van der Waals surface area (Å²) in [6, 6.07) is 10.9. The van der Waals surface area contributed by atoms with E-state index in [0.717, 1.165) is 17.0 Å². The third-order valence-corrected chi connectivity index (χ3v) is 4.79. The Kier molecular flexibility index (Phi) is 4.79. The zero-order valence-corrected chi connectivity index (χ0v) is 16.4. The van der Waals surface area contributed by atoms with Gasteiger partial charge in [-0.25, -0.2) is 0 Å². The first-order valence-corrected chi connectivity index (χ1v) is 9.04. The summed E-state index contributed by atoms with van der Waals surface area (Å²) in [6.45, 7) is 1.98. The Morgan fingerprint density at radius 3 is 2.71 bits per heavy atom. The average molecular weight is 396 g/mol. The summed E-state index contributed by atoms with van der Waals surface area (Å²) >= 11 is 6.04. The smallest absolute Gasteiger partial charge is 0.258 e. The summed E-state index contributed by atoms with van der Waals surface area (Å²) in [7, 11) is 3.83. The van der Waals surface area contributed by atoms with Gasteiger partial charge in [-0.3, -0.25) is 9.55 Å². The number of pyridine rings is 1. The summed E-state index contributed by atoms with van der Waals surface area (Å²) < 4.78 is 7.33. The molecule has 9 heteroatoms. The van der Waals surface area contributed by atoms with Gasteiger partial charge in [-0.2, -0.15) is 4.98 Å². The van der Waals surface area contributed by atoms with Gasteiger partial charge in [0.2, 0.25) is 5.95 Å². The van der Waals surface area contributed by atoms with Crippen LogP contribution >= 0.6 is 11.6 Å². The minimum absolute atomic E-state index is 0.179. The van der Waals surface area contributed by atoms with Crippen molar-refractivity contribution < 1.29 is 4.52 Å². The molecule has 0 aliphatic rings. The first-order valence-electron chi connectivity index (χ1n) is 8.66. The quantitative estimate of drug-likeness (QED) is 0.508. The topological polar surface area (TPSA) is 85.8 Å². The van der Waals surface area contributed by atoms with E-state index in [4.69, 9.17) is 16.1 Å². The van der Waals surface area contributed by atoms with Gasteiger partial charge in [0.25, 0.3) is 5.89 Å². The van der Waals surface area contributed by atoms with Crippen LogP contribution in [0.2, 0.25) is 5.02 Å². The van der Waals surface area contributed by atoms with Crippen molar-refractivity contribution in [2.24, 2.45) is 7.05 Å². The molecule has 3 heterocycles. The molecule has 0 spiro atoms. The summed E-state index contributed by atoms with van der Waals surface area (Å²) in [5.74, 6) is 2.38. The minimum Gasteiger partial charge on any atom is -0.334 e. The van der Waals surface area contributed by atoms with Crippen molar-refractivity contribution in [3.63, 3.8) is 0 Å². The van der Waals surface area contributed by atoms with Crippen LogP contribution in [0.5, 0.6) is 0 Å². The monoisotopic (exact) mass is 395 g/mol. The van der Waals surface area contributed by atoms with Crippen molar-refractivity contribution in [2.75, 3.05) is 11.9 Å². The third kappa shape index (κ3) is 3.34. The van der Waals surface area contributed by atoms with Crippen molar-refractivity contribution in [1.82, 2.24) is 29.9 Å². The number of hydrogen-bond acceptors (Lipinski definition) is 7. The Morgan fingerprint density at radius 2 is 1.96 bits per heavy atom. The second kappa shape index (κ2) is 7.40. The highest BCUT2D eigenvalue weighted by molar-refractivity contribution is 6.30. The Labute approximate surface area is 166 Å². The van der Waals surface area contributed by atoms with E-state index in [2.05, 4.69) is 25.3 Å². The standard InChI is InChI=1S/C19H18ClN7O/c1-12(16-22-18(28-25-16)13-6-4-8-15(20)10-13)26(2)19-24-23-17(27(19)3)14-7-5-9-21-11-14/h4-12H,1-3H3. The summed E-state index contributed by atoms with van der Waals surface area (Å²) in [6.07, 6.45) is 3.48. The predicted molar refractivity (Wildman–Crippen MR) is 106 cm³/mol. The van der Waals surface area contributed by atoms with Crippen LogP contribution in [0.1, 0.15) is 18.8 Å². The predicted octanol–water partition coefficient (Wildman–Crippen LogP) is 3.78. The molecule has 0 aliphatic heterocycles. The molecule has 0 radical (unpaired) electrons. The Hall–Kier alpha value is -3.26. The van der Waals surface area contributed by atoms with Crippen LogP contribution in [-0.4, -0.2) is 36.9 Å². The summed E-state index contributed by atoms with van der Waals surface area (Å²) in [5.41, 5.74) is 1.67. The zero-order valence-electron chi connectivity index (χ0n) is 15.6. The molecule has 0 aliphatic carbocycles. The first kappa shape index (κ1) is 18.1. The molecule has 0 saturated carbocycles. The number of halogens is 1. The molecule has 0 saturated heterocycles. The van der Waals surface area contributed by atoms with Crippen molar-refractivity contribution in [1.29, 1.82) is 0 Å². The largest absolute Gasteiger partial charge is 0.334 e. The third-order valence-electron chi connectivity index (χ3n) is 4.55. The van der Waals surface area contributed by atoms with Gasteiger partial charge in [-0.15, -0.1) is 10.2 Å². The molecule has 1 atom stereocenters. The first-order chi connectivity index (χ1) is 13.5. The number of rotatable bonds is 5. The van der Waals surface area contributed by atoms with Crippen LogP contribution in [-0.2, 0) is 7.05 Å². The molecule has 1 aromatic carbocycles. The van der Waals surface area contributed by atoms with E-state index in [9.17, 15) is 0 Å². The lowest BCUT2D eigenvalue weighted by Crippen LogP contribution is -2.25. The van der Waals surface area contributed by atoms with Crippen molar-refractivity contribution >= 4 is 17.5 Å². The maximum atomic E-state index is 6.04. The van der Waals surface area contributed by atoms with Crippen LogP contribution in [0.25, 0.3) is 22.8 Å². The lowest BCUT2D eigenvalue weighted by atomic mass is 10.2. The Morgan fingerprint density at radius 1 is 1.14 bits per heavy atom. The molecule has 3 aromatic heterocycles. The maximum Gasteiger partial charge on any atom is 0.258 e. The maximum absolute atomic E-state index is 6.04. The van der Waals surface area contributed by atoms with Crippen LogP contribution in [0.15, 0.2) is 53.3 Å². The highest BCUT2D eigenvalue weighted by atomic mass is 35.5. The fourth-order valence-corrected chi connectivity index (χ4v) is 3.05. The molecule has 1 unspecified atom stereocenters. The van der Waals surface area contributed by atoms with Crippen LogP contribution in [0.4, 0.5) is 5.95 Å². The molecular formula is C19H18ClN7O. The molecule has 8 nitrogen and oxygen atoms in total. The minimum atomic E-state index is -0.179. The number of benzene rings is 1. The fraction of sp³-hybridized carbons (Fsp3) is 0.211. The second-order valence-corrected chi connectivity index (χ2v) is 6.82. The normalized spacial score (nSPS) is 12.1. The van der Waals surface area contributed by atoms with E-state index in [1.54, 1.807) is 24.5 Å². The molecule has 0 bridgehead atoms. The van der Waals surface area contributed by atoms with Gasteiger partial charge in [0.1, 0.15) is 0 Å². The Balaban J connectivity index is 1.59. The molecule has 28 heavy (non-hydrogen) atoms. The average Bonchev–Trinajstić information content (AvgIpc) is 3.35. The highest BCUT2D eigenvalue weighted by Crippen LogP contribution is 2.27. The van der Waals surface area contributed by atoms with Gasteiger partial charge >= 0.3 is 0 Å². The van der Waals surface area contributed by atoms with Crippen molar-refractivity contribution in [3.05, 3.63) is 59.6 Å². The number of hydrogen-bond donors (Lipinski definition) is 0. The fourth-order valence-electron chi connectivity index (χ4n) is 2.86. The van der Waals surface area contributed by atoms with Gasteiger partial charge in [-0.1, -0.05) is 22.8 Å². The van der Waals surface area contributed by atoms with Crippen molar-refractivity contribution in [2.45, 2.75) is 13.0 Å². The number of aromatic nitrogens is 6. The van der Waals surface area contributed by atoms with E-state index in [1.165, 1.54) is 0 Å². The summed E-state index contributed by atoms with van der Waals surface area (Å²) in [5, 5.41) is 13.4. The molecule has 0 fully saturated rings. The molecule has 142 valence electrons. The van der Waals surface area contributed by atoms with E-state index < -0.39 is 0 Å². The van der Waals surface area contributed by atoms with Crippen molar-refractivity contribution in [3.8, 4) is 22.8 Å². The second-order valence-electron chi connectivity index (χ2n) is 6.38. The molecule has 4 rings (SSSR count). The molecule has 0 N–H and O–H groups in total. The SMILES string of the molecule is CC(c1noc(-c2cccc(Cl)c2)n1)N(C)c1nnc(-c2cccnc2)n1C. The lowest BCUT2D eigenvalue weighted by Gasteiger charge is -2.22. The summed E-state index contributed by atoms with van der Waals surface area (Å²) in [4.78, 5) is 10.6. The van der Waals surface area contributed by atoms with E-state index in [-0.39, 0.29) is 6.04 Å². The van der Waals surface area contributed by atoms with Crippen LogP contribution in [0.3, 0.4) is 0 Å². The van der Waals surface area contributed by atoms with Gasteiger partial charge in [0.05, 0.1) is 6.04 Å².